The third kappa shape index (κ3) is 4.19. The van der Waals surface area contributed by atoms with Crippen LogP contribution in [0.3, 0.4) is 0 Å². The number of halogens is 6. The van der Waals surface area contributed by atoms with Gasteiger partial charge >= 0.3 is 5.97 Å². The number of aromatic nitrogens is 5. The number of hydrogen-bond acceptors (Lipinski definition) is 5. The van der Waals surface area contributed by atoms with E-state index < -0.39 is 63.7 Å². The molecule has 0 aliphatic heterocycles. The SMILES string of the molecule is Cc1c(-c2nc(-c3cc(F)c(F)c(F)c3C)n(/C=C(/C(=O)O)c3cncnc3)n2)cc(F)c(F)c1F. The largest absolute Gasteiger partial charge is 0.478 e. The summed E-state index contributed by atoms with van der Waals surface area (Å²) >= 11 is 0. The van der Waals surface area contributed by atoms with E-state index in [0.29, 0.717) is 12.1 Å². The molecular formula is C23H13F6N5O2. The van der Waals surface area contributed by atoms with Gasteiger partial charge in [0.1, 0.15) is 6.33 Å². The first-order valence-electron chi connectivity index (χ1n) is 9.97. The lowest BCUT2D eigenvalue weighted by molar-refractivity contribution is -0.130. The fraction of sp³-hybridized carbons (Fsp3) is 0.0870. The molecule has 0 aliphatic carbocycles. The predicted molar refractivity (Wildman–Crippen MR) is 114 cm³/mol. The molecule has 0 saturated carbocycles. The van der Waals surface area contributed by atoms with E-state index in [1.807, 2.05) is 0 Å². The molecular weight excluding hydrogens is 492 g/mol. The second-order valence-electron chi connectivity index (χ2n) is 7.50. The molecule has 0 atom stereocenters. The standard InChI is InChI=1S/C23H13F6N5O2/c1-9-12(3-15(24)19(28)17(9)26)21-32-22(13-4-16(25)20(29)18(27)10(13)2)34(33-21)7-14(23(35)36)11-5-30-8-31-6-11/h3-8H,1-2H3,(H,35,36)/b14-7+. The van der Waals surface area contributed by atoms with Crippen LogP contribution in [0.2, 0.25) is 0 Å². The van der Waals surface area contributed by atoms with Crippen LogP contribution in [-0.2, 0) is 4.79 Å². The molecule has 184 valence electrons. The number of carboxylic acids is 1. The normalized spacial score (nSPS) is 11.7. The summed E-state index contributed by atoms with van der Waals surface area (Å²) in [6.45, 7) is 2.23. The van der Waals surface area contributed by atoms with Crippen molar-refractivity contribution in [3.05, 3.63) is 82.4 Å². The minimum absolute atomic E-state index is 0.0104. The van der Waals surface area contributed by atoms with Gasteiger partial charge in [-0.3, -0.25) is 0 Å². The van der Waals surface area contributed by atoms with Crippen molar-refractivity contribution in [2.24, 2.45) is 0 Å². The molecule has 2 aromatic heterocycles. The average molecular weight is 505 g/mol. The second-order valence-corrected chi connectivity index (χ2v) is 7.50. The van der Waals surface area contributed by atoms with E-state index in [9.17, 15) is 36.2 Å². The summed E-state index contributed by atoms with van der Waals surface area (Å²) in [4.78, 5) is 23.5. The summed E-state index contributed by atoms with van der Waals surface area (Å²) in [6.07, 6.45) is 4.39. The Morgan fingerprint density at radius 2 is 1.39 bits per heavy atom. The van der Waals surface area contributed by atoms with Crippen LogP contribution in [0.25, 0.3) is 34.5 Å². The number of carboxylic acid groups (broad SMARTS) is 1. The quantitative estimate of drug-likeness (QED) is 0.235. The number of hydrogen-bond donors (Lipinski definition) is 1. The Kier molecular flexibility index (Phi) is 6.31. The number of carbonyl (C=O) groups is 1. The summed E-state index contributed by atoms with van der Waals surface area (Å²) in [5.41, 5.74) is -1.88. The molecule has 2 heterocycles. The molecule has 0 fully saturated rings. The molecule has 0 spiro atoms. The molecule has 0 saturated heterocycles. The van der Waals surface area contributed by atoms with Crippen LogP contribution in [-0.4, -0.2) is 35.8 Å². The van der Waals surface area contributed by atoms with Crippen LogP contribution in [0.1, 0.15) is 16.7 Å². The van der Waals surface area contributed by atoms with Gasteiger partial charge in [0.2, 0.25) is 0 Å². The number of aliphatic carboxylic acids is 1. The fourth-order valence-corrected chi connectivity index (χ4v) is 3.36. The minimum Gasteiger partial charge on any atom is -0.478 e. The van der Waals surface area contributed by atoms with E-state index >= 15 is 0 Å². The first-order chi connectivity index (χ1) is 17.0. The third-order valence-corrected chi connectivity index (χ3v) is 5.28. The molecule has 2 aromatic carbocycles. The fourth-order valence-electron chi connectivity index (χ4n) is 3.36. The third-order valence-electron chi connectivity index (χ3n) is 5.28. The molecule has 4 aromatic rings. The smallest absolute Gasteiger partial charge is 0.337 e. The van der Waals surface area contributed by atoms with Gasteiger partial charge in [0.15, 0.2) is 46.6 Å². The van der Waals surface area contributed by atoms with Gasteiger partial charge in [-0.05, 0) is 37.1 Å². The van der Waals surface area contributed by atoms with Crippen LogP contribution in [0.5, 0.6) is 0 Å². The van der Waals surface area contributed by atoms with Gasteiger partial charge < -0.3 is 5.11 Å². The van der Waals surface area contributed by atoms with Crippen LogP contribution in [0.4, 0.5) is 26.3 Å². The Labute approximate surface area is 198 Å². The zero-order valence-corrected chi connectivity index (χ0v) is 18.3. The lowest BCUT2D eigenvalue weighted by Gasteiger charge is -2.09. The number of rotatable bonds is 5. The maximum absolute atomic E-state index is 14.3. The van der Waals surface area contributed by atoms with Crippen molar-refractivity contribution >= 4 is 17.7 Å². The van der Waals surface area contributed by atoms with Crippen LogP contribution in [0, 0.1) is 48.8 Å². The van der Waals surface area contributed by atoms with Gasteiger partial charge in [-0.1, -0.05) is 0 Å². The summed E-state index contributed by atoms with van der Waals surface area (Å²) in [7, 11) is 0. The molecule has 0 aliphatic rings. The van der Waals surface area contributed by atoms with Crippen LogP contribution in [0.15, 0.2) is 30.9 Å². The lowest BCUT2D eigenvalue weighted by Crippen LogP contribution is -2.06. The van der Waals surface area contributed by atoms with E-state index in [2.05, 4.69) is 20.1 Å². The second kappa shape index (κ2) is 9.24. The summed E-state index contributed by atoms with van der Waals surface area (Å²) in [5.74, 6) is -12.0. The maximum Gasteiger partial charge on any atom is 0.337 e. The molecule has 4 rings (SSSR count). The first kappa shape index (κ1) is 24.6. The Bertz CT molecular complexity index is 1550. The van der Waals surface area contributed by atoms with Gasteiger partial charge in [-0.2, -0.15) is 0 Å². The molecule has 0 unspecified atom stereocenters. The monoisotopic (exact) mass is 505 g/mol. The van der Waals surface area contributed by atoms with Gasteiger partial charge in [-0.15, -0.1) is 5.10 Å². The van der Waals surface area contributed by atoms with Crippen molar-refractivity contribution in [3.63, 3.8) is 0 Å². The molecule has 7 nitrogen and oxygen atoms in total. The van der Waals surface area contributed by atoms with Crippen molar-refractivity contribution in [1.29, 1.82) is 0 Å². The van der Waals surface area contributed by atoms with Crippen molar-refractivity contribution in [3.8, 4) is 22.8 Å². The Hall–Kier alpha value is -4.55. The molecule has 0 amide bonds. The molecule has 36 heavy (non-hydrogen) atoms. The summed E-state index contributed by atoms with van der Waals surface area (Å²) < 4.78 is 84.8. The van der Waals surface area contributed by atoms with Crippen LogP contribution < -0.4 is 0 Å². The summed E-state index contributed by atoms with van der Waals surface area (Å²) in [5, 5.41) is 13.7. The van der Waals surface area contributed by atoms with E-state index in [1.54, 1.807) is 0 Å². The molecule has 0 radical (unpaired) electrons. The zero-order valence-electron chi connectivity index (χ0n) is 18.3. The average Bonchev–Trinajstić information content (AvgIpc) is 3.28. The van der Waals surface area contributed by atoms with E-state index in [0.717, 1.165) is 31.1 Å². The molecule has 0 bridgehead atoms. The van der Waals surface area contributed by atoms with E-state index in [-0.39, 0.29) is 22.3 Å². The first-order valence-corrected chi connectivity index (χ1v) is 9.97. The lowest BCUT2D eigenvalue weighted by atomic mass is 10.1. The Morgan fingerprint density at radius 3 is 1.94 bits per heavy atom. The predicted octanol–water partition coefficient (Wildman–Crippen LogP) is 4.94. The van der Waals surface area contributed by atoms with Gasteiger partial charge in [0.05, 0.1) is 5.57 Å². The molecule has 1 N–H and O–H groups in total. The van der Waals surface area contributed by atoms with E-state index in [4.69, 9.17) is 0 Å². The van der Waals surface area contributed by atoms with Gasteiger partial charge in [-0.25, -0.2) is 50.8 Å². The summed E-state index contributed by atoms with van der Waals surface area (Å²) in [6, 6.07) is 1.22. The minimum atomic E-state index is -1.75. The van der Waals surface area contributed by atoms with Crippen molar-refractivity contribution < 1.29 is 36.2 Å². The van der Waals surface area contributed by atoms with Crippen molar-refractivity contribution in [2.75, 3.05) is 0 Å². The highest BCUT2D eigenvalue weighted by Crippen LogP contribution is 2.32. The van der Waals surface area contributed by atoms with Crippen LogP contribution >= 0.6 is 0 Å². The Balaban J connectivity index is 2.05. The highest BCUT2D eigenvalue weighted by atomic mass is 19.2. The van der Waals surface area contributed by atoms with Crippen molar-refractivity contribution in [1.82, 2.24) is 24.7 Å². The molecule has 13 heteroatoms. The zero-order chi connectivity index (χ0) is 26.3. The van der Waals surface area contributed by atoms with Gasteiger partial charge in [0.25, 0.3) is 0 Å². The van der Waals surface area contributed by atoms with Gasteiger partial charge in [0, 0.05) is 35.3 Å². The van der Waals surface area contributed by atoms with Crippen molar-refractivity contribution in [2.45, 2.75) is 13.8 Å². The highest BCUT2D eigenvalue weighted by molar-refractivity contribution is 6.19. The Morgan fingerprint density at radius 1 is 0.861 bits per heavy atom. The highest BCUT2D eigenvalue weighted by Gasteiger charge is 2.25. The number of benzene rings is 2. The maximum atomic E-state index is 14.3. The topological polar surface area (TPSA) is 93.8 Å². The van der Waals surface area contributed by atoms with E-state index in [1.165, 1.54) is 12.4 Å². The number of nitrogens with zero attached hydrogens (tertiary/aromatic N) is 5.